The number of thioether (sulfide) groups is 1. The first kappa shape index (κ1) is 33.8. The Morgan fingerprint density at radius 2 is 1.87 bits per heavy atom. The number of hydrogen-bond acceptors (Lipinski definition) is 9. The monoisotopic (exact) mass is 730 g/mol. The average molecular weight is 732 g/mol. The lowest BCUT2D eigenvalue weighted by atomic mass is 10.0. The van der Waals surface area contributed by atoms with Gasteiger partial charge in [-0.2, -0.15) is 13.1 Å². The van der Waals surface area contributed by atoms with Crippen LogP contribution in [0.3, 0.4) is 0 Å². The summed E-state index contributed by atoms with van der Waals surface area (Å²) in [6.07, 6.45) is 3.93. The van der Waals surface area contributed by atoms with Crippen LogP contribution in [0.4, 0.5) is 14.5 Å². The Balaban J connectivity index is 1.30. The number of H-pyrrole nitrogens is 1. The molecular weight excluding hydrogens is 699 g/mol. The van der Waals surface area contributed by atoms with Crippen molar-refractivity contribution < 1.29 is 45.9 Å². The Morgan fingerprint density at radius 3 is 2.60 bits per heavy atom. The van der Waals surface area contributed by atoms with Crippen LogP contribution in [0.1, 0.15) is 30.1 Å². The molecule has 6 rings (SSSR count). The zero-order valence-corrected chi connectivity index (χ0v) is 28.3. The molecule has 47 heavy (non-hydrogen) atoms. The number of sulfonamides is 1. The SMILES string of the molecule is CN1CCOc2ccc(S(=O)(=O)N3CCS[C@H]3C(=O)O[C@@H](Cc3c(Cl)c[nH+]cc3Cl)c3ccc(OC(F)F)c(OCC4CC4)c3)cc21. The number of hydrogen-bond donors (Lipinski definition) is 0. The number of nitrogens with zero attached hydrogens (tertiary/aromatic N) is 2. The van der Waals surface area contributed by atoms with E-state index in [0.29, 0.717) is 54.0 Å². The summed E-state index contributed by atoms with van der Waals surface area (Å²) in [5.41, 5.74) is 1.49. The van der Waals surface area contributed by atoms with Crippen molar-refractivity contribution in [2.45, 2.75) is 42.2 Å². The highest BCUT2D eigenvalue weighted by atomic mass is 35.5. The van der Waals surface area contributed by atoms with Gasteiger partial charge < -0.3 is 23.8 Å². The first-order valence-electron chi connectivity index (χ1n) is 14.9. The Kier molecular flexibility index (Phi) is 10.2. The van der Waals surface area contributed by atoms with Gasteiger partial charge in [-0.3, -0.25) is 0 Å². The fraction of sp³-hybridized carbons (Fsp3) is 0.419. The second-order valence-corrected chi connectivity index (χ2v) is 15.2. The van der Waals surface area contributed by atoms with Crippen molar-refractivity contribution >= 4 is 56.6 Å². The van der Waals surface area contributed by atoms with Crippen molar-refractivity contribution in [2.24, 2.45) is 5.92 Å². The van der Waals surface area contributed by atoms with E-state index in [1.54, 1.807) is 12.1 Å². The quantitative estimate of drug-likeness (QED) is 0.220. The molecule has 2 fully saturated rings. The maximum absolute atomic E-state index is 13.9. The van der Waals surface area contributed by atoms with Crippen LogP contribution < -0.4 is 24.1 Å². The molecule has 2 aromatic carbocycles. The maximum Gasteiger partial charge on any atom is 0.387 e. The number of carbonyl (C=O) groups is 1. The number of esters is 1. The number of fused-ring (bicyclic) bond motifs is 1. The Hall–Kier alpha value is -3.04. The molecule has 3 aromatic rings. The van der Waals surface area contributed by atoms with Gasteiger partial charge in [-0.25, -0.2) is 18.2 Å². The lowest BCUT2D eigenvalue weighted by Crippen LogP contribution is -2.41. The summed E-state index contributed by atoms with van der Waals surface area (Å²) >= 11 is 14.0. The van der Waals surface area contributed by atoms with E-state index in [1.807, 2.05) is 11.9 Å². The molecule has 0 spiro atoms. The number of rotatable bonds is 12. The minimum Gasteiger partial charge on any atom is -0.490 e. The Labute approximate surface area is 285 Å². The van der Waals surface area contributed by atoms with E-state index in [-0.39, 0.29) is 39.4 Å². The molecule has 0 unspecified atom stereocenters. The minimum absolute atomic E-state index is 0.00348. The number of nitrogens with one attached hydrogen (secondary N) is 1. The van der Waals surface area contributed by atoms with Crippen molar-refractivity contribution in [3.63, 3.8) is 0 Å². The average Bonchev–Trinajstić information content (AvgIpc) is 3.73. The highest BCUT2D eigenvalue weighted by Crippen LogP contribution is 2.40. The second-order valence-electron chi connectivity index (χ2n) is 11.3. The lowest BCUT2D eigenvalue weighted by Gasteiger charge is -2.29. The van der Waals surface area contributed by atoms with Crippen LogP contribution in [0.25, 0.3) is 0 Å². The van der Waals surface area contributed by atoms with Crippen molar-refractivity contribution in [3.8, 4) is 17.2 Å². The summed E-state index contributed by atoms with van der Waals surface area (Å²) in [5, 5.41) is -0.626. The van der Waals surface area contributed by atoms with Crippen LogP contribution >= 0.6 is 35.0 Å². The van der Waals surface area contributed by atoms with Crippen molar-refractivity contribution in [1.82, 2.24) is 4.31 Å². The van der Waals surface area contributed by atoms with Crippen LogP contribution in [0, 0.1) is 5.92 Å². The first-order valence-corrected chi connectivity index (χ1v) is 18.1. The molecule has 1 aliphatic carbocycles. The number of halogens is 4. The Morgan fingerprint density at radius 1 is 1.11 bits per heavy atom. The topological polar surface area (TPSA) is 109 Å². The molecule has 2 aliphatic heterocycles. The van der Waals surface area contributed by atoms with Crippen LogP contribution in [0.15, 0.2) is 53.7 Å². The zero-order chi connectivity index (χ0) is 33.3. The second kappa shape index (κ2) is 14.2. The van der Waals surface area contributed by atoms with Crippen LogP contribution in [-0.4, -0.2) is 69.8 Å². The minimum atomic E-state index is -4.12. The molecule has 1 saturated carbocycles. The van der Waals surface area contributed by atoms with Gasteiger partial charge in [-0.1, -0.05) is 29.3 Å². The number of aromatic nitrogens is 1. The molecule has 16 heteroatoms. The third-order valence-electron chi connectivity index (χ3n) is 8.05. The fourth-order valence-electron chi connectivity index (χ4n) is 5.32. The van der Waals surface area contributed by atoms with Crippen molar-refractivity contribution in [2.75, 3.05) is 44.0 Å². The molecule has 0 radical (unpaired) electrons. The predicted octanol–water partition coefficient (Wildman–Crippen LogP) is 5.62. The number of benzene rings is 2. The number of aromatic amines is 1. The molecule has 2 atom stereocenters. The van der Waals surface area contributed by atoms with E-state index < -0.39 is 34.1 Å². The number of carbonyl (C=O) groups excluding carboxylic acids is 1. The van der Waals surface area contributed by atoms with Gasteiger partial charge in [0, 0.05) is 31.3 Å². The van der Waals surface area contributed by atoms with Gasteiger partial charge in [-0.15, -0.1) is 11.8 Å². The van der Waals surface area contributed by atoms with Crippen LogP contribution in [-0.2, 0) is 26.0 Å². The van der Waals surface area contributed by atoms with Crippen molar-refractivity contribution in [1.29, 1.82) is 0 Å². The number of alkyl halides is 2. The maximum atomic E-state index is 13.9. The van der Waals surface area contributed by atoms with E-state index in [1.165, 1.54) is 36.7 Å². The first-order chi connectivity index (χ1) is 22.5. The molecule has 0 amide bonds. The van der Waals surface area contributed by atoms with E-state index in [0.717, 1.165) is 28.9 Å². The highest BCUT2D eigenvalue weighted by Gasteiger charge is 2.42. The third-order valence-corrected chi connectivity index (χ3v) is 11.9. The largest absolute Gasteiger partial charge is 0.490 e. The van der Waals surface area contributed by atoms with Crippen LogP contribution in [0.5, 0.6) is 17.2 Å². The molecule has 10 nitrogen and oxygen atoms in total. The van der Waals surface area contributed by atoms with E-state index >= 15 is 0 Å². The normalized spacial score (nSPS) is 18.9. The standard InChI is InChI=1S/C31H31Cl2F2N3O7S2/c1-37-8-10-42-25-7-5-20(13-24(25)37)47(40,41)38-9-11-46-29(38)30(39)44-27(14-21-22(32)15-36-16-23(21)33)19-4-6-26(45-31(34)35)28(12-19)43-17-18-2-3-18/h4-7,12-13,15-16,18,27,29,31H,2-3,8-11,14,17H2,1H3/p+1/t27-,29-/m0/s1. The number of likely N-dealkylation sites (N-methyl/N-ethyl adjacent to an activating group) is 1. The van der Waals surface area contributed by atoms with Gasteiger partial charge in [0.05, 0.1) is 23.7 Å². The number of anilines is 1. The molecule has 1 aromatic heterocycles. The molecule has 252 valence electrons. The smallest absolute Gasteiger partial charge is 0.387 e. The number of pyridine rings is 1. The molecule has 3 aliphatic rings. The summed E-state index contributed by atoms with van der Waals surface area (Å²) in [4.78, 5) is 18.6. The van der Waals surface area contributed by atoms with Gasteiger partial charge in [0.1, 0.15) is 28.5 Å². The highest BCUT2D eigenvalue weighted by molar-refractivity contribution is 8.02. The molecule has 1 saturated heterocycles. The van der Waals surface area contributed by atoms with Gasteiger partial charge in [0.2, 0.25) is 10.0 Å². The summed E-state index contributed by atoms with van der Waals surface area (Å²) in [7, 11) is -2.27. The fourth-order valence-corrected chi connectivity index (χ4v) is 8.92. The lowest BCUT2D eigenvalue weighted by molar-refractivity contribution is -0.377. The summed E-state index contributed by atoms with van der Waals surface area (Å²) in [6, 6.07) is 8.91. The van der Waals surface area contributed by atoms with E-state index in [9.17, 15) is 22.0 Å². The summed E-state index contributed by atoms with van der Waals surface area (Å²) in [6.45, 7) is -1.59. The van der Waals surface area contributed by atoms with E-state index in [4.69, 9.17) is 37.4 Å². The Bertz CT molecular complexity index is 1730. The van der Waals surface area contributed by atoms with Gasteiger partial charge in [-0.05, 0) is 54.7 Å². The van der Waals surface area contributed by atoms with Gasteiger partial charge in [0.25, 0.3) is 0 Å². The van der Waals surface area contributed by atoms with Gasteiger partial charge in [0.15, 0.2) is 29.3 Å². The van der Waals surface area contributed by atoms with E-state index in [2.05, 4.69) is 9.72 Å². The summed E-state index contributed by atoms with van der Waals surface area (Å²) in [5.74, 6) is 0.360. The molecule has 1 N–H and O–H groups in total. The van der Waals surface area contributed by atoms with Gasteiger partial charge >= 0.3 is 12.6 Å². The molecule has 3 heterocycles. The molecule has 0 bridgehead atoms. The van der Waals surface area contributed by atoms with Crippen LogP contribution in [0.2, 0.25) is 10.0 Å². The third kappa shape index (κ3) is 7.67. The zero-order valence-electron chi connectivity index (χ0n) is 25.2. The van der Waals surface area contributed by atoms with Crippen molar-refractivity contribution in [3.05, 3.63) is 70.0 Å². The predicted molar refractivity (Wildman–Crippen MR) is 172 cm³/mol. The number of ether oxygens (including phenoxy) is 4. The molecular formula is C31H32Cl2F2N3O7S2+. The summed E-state index contributed by atoms with van der Waals surface area (Å²) < 4.78 is 77.6.